The molecule has 0 aliphatic carbocycles. The highest BCUT2D eigenvalue weighted by Gasteiger charge is 2.22. The molecule has 0 aliphatic rings. The predicted molar refractivity (Wildman–Crippen MR) is 194 cm³/mol. The van der Waals surface area contributed by atoms with Gasteiger partial charge in [0.2, 0.25) is 0 Å². The van der Waals surface area contributed by atoms with Crippen molar-refractivity contribution in [2.75, 3.05) is 0 Å². The minimum atomic E-state index is 0.486. The van der Waals surface area contributed by atoms with Crippen LogP contribution in [0.1, 0.15) is 25.3 Å². The molecule has 0 bridgehead atoms. The molecule has 2 aromatic heterocycles. The summed E-state index contributed by atoms with van der Waals surface area (Å²) in [6.45, 7) is 4.59. The molecular formula is C43H28N2. The third-order valence-electron chi connectivity index (χ3n) is 10.6. The average molecular weight is 573 g/mol. The van der Waals surface area contributed by atoms with Crippen molar-refractivity contribution in [2.24, 2.45) is 0 Å². The first-order valence-electron chi connectivity index (χ1n) is 16.0. The monoisotopic (exact) mass is 572 g/mol. The van der Waals surface area contributed by atoms with Crippen LogP contribution in [0.2, 0.25) is 0 Å². The Morgan fingerprint density at radius 2 is 1.02 bits per heavy atom. The van der Waals surface area contributed by atoms with Crippen molar-refractivity contribution in [3.63, 3.8) is 0 Å². The van der Waals surface area contributed by atoms with Crippen LogP contribution in [0.3, 0.4) is 0 Å². The summed E-state index contributed by atoms with van der Waals surface area (Å²) in [4.78, 5) is 7.33. The van der Waals surface area contributed by atoms with E-state index in [0.717, 1.165) is 5.69 Å². The molecule has 0 fully saturated rings. The molecule has 0 saturated carbocycles. The molecule has 0 spiro atoms. The molecule has 0 radical (unpaired) electrons. The number of aromatic nitrogens is 2. The largest absolute Gasteiger partial charge is 0.361 e. The highest BCUT2D eigenvalue weighted by Crippen LogP contribution is 2.48. The fourth-order valence-electron chi connectivity index (χ4n) is 8.60. The standard InChI is InChI=1S/C43H28N2/c1-22(2)27-12-5-23-10-18-33-41-26(11-17-30(27)38(23)41)20-34-35-21-37(45-43(35)42(33)34)29-14-7-25-8-15-31-28(36-4-3-19-44-36)13-6-24-9-16-32(29)40(25)39(24)31/h3-22,44-45H,1-2H3. The summed E-state index contributed by atoms with van der Waals surface area (Å²) in [7, 11) is 0. The van der Waals surface area contributed by atoms with Crippen molar-refractivity contribution in [2.45, 2.75) is 19.8 Å². The van der Waals surface area contributed by atoms with Crippen LogP contribution in [0.25, 0.3) is 109 Å². The van der Waals surface area contributed by atoms with E-state index in [0.29, 0.717) is 5.92 Å². The summed E-state index contributed by atoms with van der Waals surface area (Å²) in [6, 6.07) is 41.3. The van der Waals surface area contributed by atoms with Gasteiger partial charge in [-0.15, -0.1) is 0 Å². The van der Waals surface area contributed by atoms with Crippen molar-refractivity contribution in [3.05, 3.63) is 121 Å². The van der Waals surface area contributed by atoms with E-state index in [2.05, 4.69) is 133 Å². The molecular weight excluding hydrogens is 544 g/mol. The SMILES string of the molecule is CC(C)c1ccc2ccc3c4c(cc5ccc1c2c53)c1cc(-c2ccc3ccc5c(-c6ccc[nH]6)ccc6ccc2c3c65)[nH]c14. The Bertz CT molecular complexity index is 2940. The van der Waals surface area contributed by atoms with Crippen LogP contribution in [-0.2, 0) is 0 Å². The molecule has 2 N–H and O–H groups in total. The van der Waals surface area contributed by atoms with E-state index in [4.69, 9.17) is 0 Å². The third-order valence-corrected chi connectivity index (χ3v) is 10.6. The number of nitrogens with one attached hydrogen (secondary N) is 2. The van der Waals surface area contributed by atoms with Crippen LogP contribution in [0, 0.1) is 0 Å². The Kier molecular flexibility index (Phi) is 4.29. The second-order valence-electron chi connectivity index (χ2n) is 13.2. The Balaban J connectivity index is 1.18. The molecule has 0 atom stereocenters. The lowest BCUT2D eigenvalue weighted by atomic mass is 9.85. The maximum Gasteiger partial charge on any atom is 0.0551 e. The van der Waals surface area contributed by atoms with Gasteiger partial charge in [-0.2, -0.15) is 0 Å². The van der Waals surface area contributed by atoms with E-state index >= 15 is 0 Å². The maximum atomic E-state index is 3.91. The van der Waals surface area contributed by atoms with Crippen molar-refractivity contribution in [3.8, 4) is 22.5 Å². The molecule has 210 valence electrons. The van der Waals surface area contributed by atoms with Crippen molar-refractivity contribution >= 4 is 86.3 Å². The summed E-state index contributed by atoms with van der Waals surface area (Å²) in [6.07, 6.45) is 2.00. The van der Waals surface area contributed by atoms with Crippen LogP contribution in [0.15, 0.2) is 115 Å². The van der Waals surface area contributed by atoms with Gasteiger partial charge >= 0.3 is 0 Å². The first-order chi connectivity index (χ1) is 22.1. The van der Waals surface area contributed by atoms with Crippen molar-refractivity contribution in [1.29, 1.82) is 0 Å². The number of hydrogen-bond acceptors (Lipinski definition) is 0. The van der Waals surface area contributed by atoms with Gasteiger partial charge in [0, 0.05) is 39.5 Å². The molecule has 0 amide bonds. The number of benzene rings is 8. The smallest absolute Gasteiger partial charge is 0.0551 e. The zero-order valence-electron chi connectivity index (χ0n) is 25.0. The summed E-state index contributed by atoms with van der Waals surface area (Å²) in [5.41, 5.74) is 7.53. The van der Waals surface area contributed by atoms with E-state index in [1.165, 1.54) is 109 Å². The average Bonchev–Trinajstić information content (AvgIpc) is 3.73. The zero-order valence-corrected chi connectivity index (χ0v) is 25.0. The first kappa shape index (κ1) is 23.8. The lowest BCUT2D eigenvalue weighted by Crippen LogP contribution is -1.93. The molecule has 0 aliphatic heterocycles. The van der Waals surface area contributed by atoms with E-state index in [1.54, 1.807) is 0 Å². The summed E-state index contributed by atoms with van der Waals surface area (Å²) in [5, 5.41) is 20.1. The predicted octanol–water partition coefficient (Wildman–Crippen LogP) is 12.3. The number of rotatable bonds is 3. The zero-order chi connectivity index (χ0) is 29.6. The quantitative estimate of drug-likeness (QED) is 0.197. The maximum absolute atomic E-state index is 3.91. The van der Waals surface area contributed by atoms with Crippen LogP contribution in [-0.4, -0.2) is 9.97 Å². The van der Waals surface area contributed by atoms with Gasteiger partial charge in [0.15, 0.2) is 0 Å². The van der Waals surface area contributed by atoms with Crippen LogP contribution < -0.4 is 0 Å². The second-order valence-corrected chi connectivity index (χ2v) is 13.2. The second kappa shape index (κ2) is 8.11. The van der Waals surface area contributed by atoms with E-state index < -0.39 is 0 Å². The molecule has 11 rings (SSSR count). The number of fused-ring (bicyclic) bond motifs is 5. The van der Waals surface area contributed by atoms with Crippen molar-refractivity contribution < 1.29 is 0 Å². The third kappa shape index (κ3) is 2.90. The topological polar surface area (TPSA) is 31.6 Å². The van der Waals surface area contributed by atoms with Gasteiger partial charge in [-0.25, -0.2) is 0 Å². The minimum Gasteiger partial charge on any atom is -0.361 e. The van der Waals surface area contributed by atoms with Gasteiger partial charge in [-0.3, -0.25) is 0 Å². The number of H-pyrrole nitrogens is 2. The van der Waals surface area contributed by atoms with Gasteiger partial charge in [0.05, 0.1) is 5.52 Å². The molecule has 11 aromatic rings. The van der Waals surface area contributed by atoms with Gasteiger partial charge in [0.25, 0.3) is 0 Å². The highest BCUT2D eigenvalue weighted by molar-refractivity contribution is 6.39. The fraction of sp³-hybridized carbons (Fsp3) is 0.0698. The summed E-state index contributed by atoms with van der Waals surface area (Å²) in [5.74, 6) is 0.486. The van der Waals surface area contributed by atoms with Crippen LogP contribution in [0.5, 0.6) is 0 Å². The van der Waals surface area contributed by atoms with E-state index in [9.17, 15) is 0 Å². The molecule has 0 unspecified atom stereocenters. The summed E-state index contributed by atoms with van der Waals surface area (Å²) >= 11 is 0. The number of hydrogen-bond donors (Lipinski definition) is 2. The first-order valence-corrected chi connectivity index (χ1v) is 16.0. The fourth-order valence-corrected chi connectivity index (χ4v) is 8.60. The van der Waals surface area contributed by atoms with Gasteiger partial charge < -0.3 is 9.97 Å². The van der Waals surface area contributed by atoms with Crippen molar-refractivity contribution in [1.82, 2.24) is 9.97 Å². The lowest BCUT2D eigenvalue weighted by Gasteiger charge is -2.18. The molecule has 2 heterocycles. The minimum absolute atomic E-state index is 0.486. The normalized spacial score (nSPS) is 12.9. The van der Waals surface area contributed by atoms with Crippen LogP contribution in [0.4, 0.5) is 0 Å². The Morgan fingerprint density at radius 1 is 0.444 bits per heavy atom. The Morgan fingerprint density at radius 3 is 1.71 bits per heavy atom. The van der Waals surface area contributed by atoms with E-state index in [1.807, 2.05) is 6.20 Å². The van der Waals surface area contributed by atoms with Gasteiger partial charge in [-0.05, 0) is 106 Å². The van der Waals surface area contributed by atoms with E-state index in [-0.39, 0.29) is 0 Å². The van der Waals surface area contributed by atoms with Gasteiger partial charge in [-0.1, -0.05) is 98.8 Å². The molecule has 9 aromatic carbocycles. The molecule has 0 saturated heterocycles. The molecule has 2 nitrogen and oxygen atoms in total. The lowest BCUT2D eigenvalue weighted by molar-refractivity contribution is 0.877. The van der Waals surface area contributed by atoms with Gasteiger partial charge in [0.1, 0.15) is 0 Å². The highest BCUT2D eigenvalue weighted by atomic mass is 14.7. The molecule has 2 heteroatoms. The Labute approximate surface area is 258 Å². The number of aromatic amines is 2. The molecule has 45 heavy (non-hydrogen) atoms. The summed E-state index contributed by atoms with van der Waals surface area (Å²) < 4.78 is 0. The Hall–Kier alpha value is -5.60. The van der Waals surface area contributed by atoms with Crippen LogP contribution >= 0.6 is 0 Å².